The van der Waals surface area contributed by atoms with Crippen LogP contribution in [0.4, 0.5) is 0 Å². The smallest absolute Gasteiger partial charge is 0.0915 e. The number of hydrogen-bond acceptors (Lipinski definition) is 2. The number of ether oxygens (including phenoxy) is 2. The quantitative estimate of drug-likeness (QED) is 0.359. The minimum atomic E-state index is 0.230. The molecule has 2 heteroatoms. The molecular weight excluding hydrogens is 164 g/mol. The van der Waals surface area contributed by atoms with Crippen LogP contribution >= 0.6 is 0 Å². The van der Waals surface area contributed by atoms with Crippen LogP contribution in [0, 0.1) is 0 Å². The predicted octanol–water partition coefficient (Wildman–Crippen LogP) is 2.89. The molecule has 0 amide bonds. The van der Waals surface area contributed by atoms with Crippen molar-refractivity contribution in [3.63, 3.8) is 0 Å². The molecule has 1 aliphatic rings. The van der Waals surface area contributed by atoms with Crippen LogP contribution in [0.3, 0.4) is 0 Å². The largest absolute Gasteiger partial charge is 0.501 e. The Hall–Kier alpha value is -0.500. The van der Waals surface area contributed by atoms with E-state index < -0.39 is 0 Å². The van der Waals surface area contributed by atoms with Gasteiger partial charge in [-0.05, 0) is 38.7 Å². The third kappa shape index (κ3) is 3.81. The third-order valence-electron chi connectivity index (χ3n) is 2.41. The van der Waals surface area contributed by atoms with Gasteiger partial charge in [0, 0.05) is 0 Å². The number of epoxide rings is 1. The maximum absolute atomic E-state index is 5.40. The van der Waals surface area contributed by atoms with Crippen molar-refractivity contribution >= 4 is 0 Å². The van der Waals surface area contributed by atoms with E-state index in [1.807, 2.05) is 20.1 Å². The van der Waals surface area contributed by atoms with Gasteiger partial charge in [0.25, 0.3) is 0 Å². The summed E-state index contributed by atoms with van der Waals surface area (Å²) in [6.45, 7) is 8.03. The van der Waals surface area contributed by atoms with Crippen molar-refractivity contribution in [2.24, 2.45) is 0 Å². The first-order chi connectivity index (χ1) is 6.18. The van der Waals surface area contributed by atoms with Crippen LogP contribution in [0.2, 0.25) is 0 Å². The summed E-state index contributed by atoms with van der Waals surface area (Å²) >= 11 is 0. The predicted molar refractivity (Wildman–Crippen MR) is 53.6 cm³/mol. The highest BCUT2D eigenvalue weighted by atomic mass is 16.6. The van der Waals surface area contributed by atoms with Gasteiger partial charge in [-0.1, -0.05) is 6.92 Å². The fourth-order valence-corrected chi connectivity index (χ4v) is 1.33. The van der Waals surface area contributed by atoms with Gasteiger partial charge < -0.3 is 9.47 Å². The minimum Gasteiger partial charge on any atom is -0.501 e. The highest BCUT2D eigenvalue weighted by Gasteiger charge is 2.41. The van der Waals surface area contributed by atoms with Gasteiger partial charge in [0.05, 0.1) is 25.1 Å². The maximum Gasteiger partial charge on any atom is 0.0915 e. The molecule has 0 aromatic heterocycles. The van der Waals surface area contributed by atoms with Crippen molar-refractivity contribution < 1.29 is 9.47 Å². The summed E-state index contributed by atoms with van der Waals surface area (Å²) in [5.41, 5.74) is 1.45. The van der Waals surface area contributed by atoms with Crippen molar-refractivity contribution in [3.05, 3.63) is 11.8 Å². The zero-order valence-electron chi connectivity index (χ0n) is 8.93. The summed E-state index contributed by atoms with van der Waals surface area (Å²) in [5.74, 6) is 0. The van der Waals surface area contributed by atoms with Gasteiger partial charge in [-0.15, -0.1) is 0 Å². The molecule has 1 saturated heterocycles. The molecule has 1 fully saturated rings. The van der Waals surface area contributed by atoms with Crippen LogP contribution in [0.1, 0.15) is 40.0 Å². The van der Waals surface area contributed by atoms with Gasteiger partial charge >= 0.3 is 0 Å². The van der Waals surface area contributed by atoms with E-state index in [1.165, 1.54) is 5.57 Å². The second kappa shape index (κ2) is 4.66. The van der Waals surface area contributed by atoms with E-state index in [9.17, 15) is 0 Å². The van der Waals surface area contributed by atoms with Crippen molar-refractivity contribution in [3.8, 4) is 0 Å². The Bertz CT molecular complexity index is 177. The average molecular weight is 184 g/mol. The van der Waals surface area contributed by atoms with Gasteiger partial charge in [0.1, 0.15) is 0 Å². The lowest BCUT2D eigenvalue weighted by Gasteiger charge is -2.07. The van der Waals surface area contributed by atoms with Crippen LogP contribution in [0.5, 0.6) is 0 Å². The molecule has 0 bridgehead atoms. The molecule has 1 rings (SSSR count). The molecule has 0 spiro atoms. The molecular formula is C11H20O2. The van der Waals surface area contributed by atoms with Gasteiger partial charge in [0.2, 0.25) is 0 Å². The lowest BCUT2D eigenvalue weighted by molar-refractivity contribution is 0.211. The van der Waals surface area contributed by atoms with Gasteiger partial charge in [-0.2, -0.15) is 0 Å². The summed E-state index contributed by atoms with van der Waals surface area (Å²) in [6.07, 6.45) is 5.19. The monoisotopic (exact) mass is 184 g/mol. The second-order valence-corrected chi connectivity index (χ2v) is 3.99. The zero-order chi connectivity index (χ0) is 9.73. The van der Waals surface area contributed by atoms with E-state index in [0.717, 1.165) is 32.5 Å². The SMILES string of the molecule is CCC1(CCCOC=C(C)C)CO1. The fraction of sp³-hybridized carbons (Fsp3) is 0.818. The molecule has 0 aromatic carbocycles. The minimum absolute atomic E-state index is 0.230. The van der Waals surface area contributed by atoms with Gasteiger partial charge in [0.15, 0.2) is 0 Å². The van der Waals surface area contributed by atoms with Crippen LogP contribution in [0.25, 0.3) is 0 Å². The number of hydrogen-bond donors (Lipinski definition) is 0. The Balaban J connectivity index is 1.98. The summed E-state index contributed by atoms with van der Waals surface area (Å²) in [5, 5.41) is 0. The first kappa shape index (κ1) is 10.6. The summed E-state index contributed by atoms with van der Waals surface area (Å²) in [6, 6.07) is 0. The van der Waals surface area contributed by atoms with E-state index in [-0.39, 0.29) is 5.60 Å². The highest BCUT2D eigenvalue weighted by molar-refractivity contribution is 4.90. The maximum atomic E-state index is 5.40. The standard InChI is InChI=1S/C11H20O2/c1-4-11(9-13-11)6-5-7-12-8-10(2)3/h8H,4-7,9H2,1-3H3. The Morgan fingerprint density at radius 3 is 2.69 bits per heavy atom. The molecule has 0 saturated carbocycles. The van der Waals surface area contributed by atoms with E-state index >= 15 is 0 Å². The Labute approximate surface area is 80.9 Å². The molecule has 1 heterocycles. The molecule has 2 nitrogen and oxygen atoms in total. The lowest BCUT2D eigenvalue weighted by atomic mass is 10.0. The Morgan fingerprint density at radius 2 is 2.23 bits per heavy atom. The molecule has 0 radical (unpaired) electrons. The lowest BCUT2D eigenvalue weighted by Crippen LogP contribution is -2.09. The van der Waals surface area contributed by atoms with Crippen molar-refractivity contribution in [1.29, 1.82) is 0 Å². The van der Waals surface area contributed by atoms with Crippen molar-refractivity contribution in [2.75, 3.05) is 13.2 Å². The van der Waals surface area contributed by atoms with E-state index in [1.54, 1.807) is 0 Å². The van der Waals surface area contributed by atoms with Crippen LogP contribution in [-0.2, 0) is 9.47 Å². The number of allylic oxidation sites excluding steroid dienone is 1. The molecule has 13 heavy (non-hydrogen) atoms. The van der Waals surface area contributed by atoms with E-state index in [4.69, 9.17) is 9.47 Å². The Morgan fingerprint density at radius 1 is 1.54 bits per heavy atom. The van der Waals surface area contributed by atoms with Crippen LogP contribution in [-0.4, -0.2) is 18.8 Å². The molecule has 0 aliphatic carbocycles. The average Bonchev–Trinajstić information content (AvgIpc) is 2.84. The summed E-state index contributed by atoms with van der Waals surface area (Å²) in [4.78, 5) is 0. The Kier molecular flexibility index (Phi) is 3.79. The van der Waals surface area contributed by atoms with Gasteiger partial charge in [-0.25, -0.2) is 0 Å². The topological polar surface area (TPSA) is 21.8 Å². The number of rotatable bonds is 6. The normalized spacial score (nSPS) is 25.5. The molecule has 1 aliphatic heterocycles. The summed E-state index contributed by atoms with van der Waals surface area (Å²) < 4.78 is 10.7. The molecule has 1 unspecified atom stereocenters. The zero-order valence-corrected chi connectivity index (χ0v) is 8.93. The highest BCUT2D eigenvalue weighted by Crippen LogP contribution is 2.35. The molecule has 0 aromatic rings. The fourth-order valence-electron chi connectivity index (χ4n) is 1.33. The molecule has 76 valence electrons. The van der Waals surface area contributed by atoms with E-state index in [2.05, 4.69) is 6.92 Å². The molecule has 0 N–H and O–H groups in total. The van der Waals surface area contributed by atoms with Crippen molar-refractivity contribution in [2.45, 2.75) is 45.6 Å². The first-order valence-electron chi connectivity index (χ1n) is 5.07. The van der Waals surface area contributed by atoms with Crippen LogP contribution < -0.4 is 0 Å². The molecule has 1 atom stereocenters. The third-order valence-corrected chi connectivity index (χ3v) is 2.41. The van der Waals surface area contributed by atoms with Crippen molar-refractivity contribution in [1.82, 2.24) is 0 Å². The van der Waals surface area contributed by atoms with E-state index in [0.29, 0.717) is 0 Å². The summed E-state index contributed by atoms with van der Waals surface area (Å²) in [7, 11) is 0. The van der Waals surface area contributed by atoms with Crippen LogP contribution in [0.15, 0.2) is 11.8 Å². The van der Waals surface area contributed by atoms with Gasteiger partial charge in [-0.3, -0.25) is 0 Å². The first-order valence-corrected chi connectivity index (χ1v) is 5.07. The second-order valence-electron chi connectivity index (χ2n) is 3.99.